The van der Waals surface area contributed by atoms with Crippen LogP contribution in [0.3, 0.4) is 0 Å². The normalized spacial score (nSPS) is 25.5. The quantitative estimate of drug-likeness (QED) is 0.726. The van der Waals surface area contributed by atoms with Gasteiger partial charge in [0.15, 0.2) is 0 Å². The molecule has 1 aliphatic rings. The lowest BCUT2D eigenvalue weighted by atomic mass is 9.91. The highest BCUT2D eigenvalue weighted by atomic mass is 79.9. The Balaban J connectivity index is 2.53. The average Bonchev–Trinajstić information content (AvgIpc) is 2.52. The molecule has 0 aromatic rings. The number of carbonyl (C=O) groups is 2. The molecule has 0 spiro atoms. The Bertz CT molecular complexity index is 378. The number of esters is 1. The molecular formula is C14H21BrO4. The highest BCUT2D eigenvalue weighted by Crippen LogP contribution is 2.29. The fraction of sp³-hybridized carbons (Fsp3) is 0.714. The number of hydrogen-bond donors (Lipinski definition) is 0. The van der Waals surface area contributed by atoms with E-state index in [-0.39, 0.29) is 17.7 Å². The van der Waals surface area contributed by atoms with E-state index in [0.717, 1.165) is 12.8 Å². The number of ketones is 1. The van der Waals surface area contributed by atoms with Gasteiger partial charge in [0, 0.05) is 0 Å². The first-order chi connectivity index (χ1) is 8.90. The zero-order valence-corrected chi connectivity index (χ0v) is 13.3. The molecule has 0 aromatic heterocycles. The summed E-state index contributed by atoms with van der Waals surface area (Å²) >= 11 is 3.29. The maximum atomic E-state index is 12.2. The van der Waals surface area contributed by atoms with Crippen LogP contribution < -0.4 is 0 Å². The van der Waals surface area contributed by atoms with Crippen LogP contribution in [0.15, 0.2) is 10.6 Å². The molecule has 2 atom stereocenters. The van der Waals surface area contributed by atoms with Crippen molar-refractivity contribution in [2.24, 2.45) is 5.92 Å². The van der Waals surface area contributed by atoms with Gasteiger partial charge in [0.05, 0.1) is 24.1 Å². The van der Waals surface area contributed by atoms with Crippen molar-refractivity contribution in [1.82, 2.24) is 0 Å². The van der Waals surface area contributed by atoms with Crippen LogP contribution in [-0.2, 0) is 19.1 Å². The summed E-state index contributed by atoms with van der Waals surface area (Å²) < 4.78 is 11.0. The van der Waals surface area contributed by atoms with Crippen LogP contribution in [0, 0.1) is 5.92 Å². The fourth-order valence-corrected chi connectivity index (χ4v) is 2.78. The van der Waals surface area contributed by atoms with Crippen molar-refractivity contribution < 1.29 is 19.1 Å². The Morgan fingerprint density at radius 2 is 2.32 bits per heavy atom. The number of methoxy groups -OCH3 is 1. The number of carbonyl (C=O) groups excluding carboxylic acids is 2. The Morgan fingerprint density at radius 3 is 2.95 bits per heavy atom. The molecule has 0 amide bonds. The third-order valence-corrected chi connectivity index (χ3v) is 4.14. The van der Waals surface area contributed by atoms with Crippen molar-refractivity contribution in [2.75, 3.05) is 13.7 Å². The second-order valence-corrected chi connectivity index (χ2v) is 5.92. The molecule has 0 fully saturated rings. The maximum Gasteiger partial charge on any atom is 0.308 e. The van der Waals surface area contributed by atoms with Crippen LogP contribution in [0.2, 0.25) is 0 Å². The summed E-state index contributed by atoms with van der Waals surface area (Å²) in [4.78, 5) is 23.5. The van der Waals surface area contributed by atoms with E-state index in [1.165, 1.54) is 7.11 Å². The van der Waals surface area contributed by atoms with Gasteiger partial charge >= 0.3 is 5.97 Å². The molecule has 0 bridgehead atoms. The Kier molecular flexibility index (Phi) is 6.20. The number of rotatable bonds is 5. The van der Waals surface area contributed by atoms with E-state index in [1.807, 2.05) is 19.9 Å². The largest absolute Gasteiger partial charge is 0.469 e. The van der Waals surface area contributed by atoms with E-state index in [4.69, 9.17) is 4.74 Å². The van der Waals surface area contributed by atoms with Crippen LogP contribution in [0.25, 0.3) is 0 Å². The minimum Gasteiger partial charge on any atom is -0.469 e. The molecule has 108 valence electrons. The first-order valence-electron chi connectivity index (χ1n) is 6.53. The molecule has 5 heteroatoms. The summed E-state index contributed by atoms with van der Waals surface area (Å²) in [5.41, 5.74) is -0.790. The molecule has 19 heavy (non-hydrogen) atoms. The van der Waals surface area contributed by atoms with Crippen LogP contribution >= 0.6 is 15.9 Å². The zero-order valence-electron chi connectivity index (χ0n) is 11.7. The van der Waals surface area contributed by atoms with E-state index >= 15 is 0 Å². The van der Waals surface area contributed by atoms with Gasteiger partial charge in [0.1, 0.15) is 5.60 Å². The van der Waals surface area contributed by atoms with Gasteiger partial charge in [-0.2, -0.15) is 0 Å². The third-order valence-electron chi connectivity index (χ3n) is 3.45. The molecule has 0 radical (unpaired) electrons. The minimum atomic E-state index is -0.790. The summed E-state index contributed by atoms with van der Waals surface area (Å²) in [6.45, 7) is 4.20. The predicted octanol–water partition coefficient (Wildman–Crippen LogP) is 2.99. The monoisotopic (exact) mass is 332 g/mol. The van der Waals surface area contributed by atoms with Crippen molar-refractivity contribution in [2.45, 2.75) is 45.1 Å². The van der Waals surface area contributed by atoms with Crippen LogP contribution in [0.4, 0.5) is 0 Å². The van der Waals surface area contributed by atoms with E-state index in [2.05, 4.69) is 20.7 Å². The molecule has 1 unspecified atom stereocenters. The van der Waals surface area contributed by atoms with E-state index < -0.39 is 5.60 Å². The molecule has 0 aliphatic carbocycles. The summed E-state index contributed by atoms with van der Waals surface area (Å²) in [7, 11) is 1.39. The molecular weight excluding hydrogens is 312 g/mol. The zero-order chi connectivity index (χ0) is 14.5. The molecule has 1 heterocycles. The summed E-state index contributed by atoms with van der Waals surface area (Å²) in [5, 5.41) is 0. The highest BCUT2D eigenvalue weighted by Gasteiger charge is 2.36. The van der Waals surface area contributed by atoms with Crippen molar-refractivity contribution in [1.29, 1.82) is 0 Å². The smallest absolute Gasteiger partial charge is 0.308 e. The molecule has 0 saturated heterocycles. The number of hydrogen-bond acceptors (Lipinski definition) is 4. The SMILES string of the molecule is COC(=O)C(C)CCC[C@]1(C)OCCC=C(Br)C1=O. The van der Waals surface area contributed by atoms with Gasteiger partial charge in [-0.25, -0.2) is 0 Å². The van der Waals surface area contributed by atoms with Gasteiger partial charge in [0.25, 0.3) is 0 Å². The minimum absolute atomic E-state index is 0.0179. The van der Waals surface area contributed by atoms with Crippen molar-refractivity contribution >= 4 is 27.7 Å². The second-order valence-electron chi connectivity index (χ2n) is 5.07. The van der Waals surface area contributed by atoms with Crippen molar-refractivity contribution in [3.63, 3.8) is 0 Å². The molecule has 1 aliphatic heterocycles. The number of ether oxygens (including phenoxy) is 2. The molecule has 1 rings (SSSR count). The lowest BCUT2D eigenvalue weighted by Crippen LogP contribution is -2.38. The van der Waals surface area contributed by atoms with Gasteiger partial charge in [-0.1, -0.05) is 13.0 Å². The molecule has 0 saturated carbocycles. The van der Waals surface area contributed by atoms with E-state index in [9.17, 15) is 9.59 Å². The first kappa shape index (κ1) is 16.4. The lowest BCUT2D eigenvalue weighted by molar-refractivity contribution is -0.145. The second kappa shape index (κ2) is 7.20. The van der Waals surface area contributed by atoms with E-state index in [0.29, 0.717) is 23.9 Å². The van der Waals surface area contributed by atoms with Gasteiger partial charge in [-0.05, 0) is 48.5 Å². The number of halogens is 1. The topological polar surface area (TPSA) is 52.6 Å². The van der Waals surface area contributed by atoms with Gasteiger partial charge in [-0.15, -0.1) is 0 Å². The van der Waals surface area contributed by atoms with E-state index in [1.54, 1.807) is 0 Å². The van der Waals surface area contributed by atoms with Crippen LogP contribution in [0.1, 0.15) is 39.5 Å². The molecule has 0 N–H and O–H groups in total. The molecule has 0 aromatic carbocycles. The Hall–Kier alpha value is -0.680. The van der Waals surface area contributed by atoms with Gasteiger partial charge < -0.3 is 9.47 Å². The average molecular weight is 333 g/mol. The van der Waals surface area contributed by atoms with Gasteiger partial charge in [-0.3, -0.25) is 9.59 Å². The fourth-order valence-electron chi connectivity index (χ4n) is 2.13. The first-order valence-corrected chi connectivity index (χ1v) is 7.32. The summed E-state index contributed by atoms with van der Waals surface area (Å²) in [6, 6.07) is 0. The summed E-state index contributed by atoms with van der Waals surface area (Å²) in [6.07, 6.45) is 4.64. The lowest BCUT2D eigenvalue weighted by Gasteiger charge is -2.27. The molecule has 4 nitrogen and oxygen atoms in total. The van der Waals surface area contributed by atoms with Gasteiger partial charge in [0.2, 0.25) is 5.78 Å². The predicted molar refractivity (Wildman–Crippen MR) is 76.0 cm³/mol. The number of Topliss-reactive ketones (excluding diaryl/α,β-unsaturated/α-hetero) is 1. The van der Waals surface area contributed by atoms with Crippen molar-refractivity contribution in [3.8, 4) is 0 Å². The standard InChI is InChI=1S/C14H21BrO4/c1-10(13(17)18-3)6-4-8-14(2)12(16)11(15)7-5-9-19-14/h7,10H,4-6,8-9H2,1-3H3/t10?,14-/m0/s1. The maximum absolute atomic E-state index is 12.2. The highest BCUT2D eigenvalue weighted by molar-refractivity contribution is 9.12. The third kappa shape index (κ3) is 4.42. The Labute approximate surface area is 122 Å². The van der Waals surface area contributed by atoms with Crippen LogP contribution in [0.5, 0.6) is 0 Å². The summed E-state index contributed by atoms with van der Waals surface area (Å²) in [5.74, 6) is -0.372. The Morgan fingerprint density at radius 1 is 1.63 bits per heavy atom. The van der Waals surface area contributed by atoms with Crippen LogP contribution in [-0.4, -0.2) is 31.1 Å². The van der Waals surface area contributed by atoms with Crippen molar-refractivity contribution in [3.05, 3.63) is 10.6 Å².